The molecule has 0 bridgehead atoms. The summed E-state index contributed by atoms with van der Waals surface area (Å²) in [6, 6.07) is 6.34. The van der Waals surface area contributed by atoms with Crippen LogP contribution in [-0.4, -0.2) is 23.6 Å². The first-order valence-electron chi connectivity index (χ1n) is 6.95. The van der Waals surface area contributed by atoms with Crippen molar-refractivity contribution in [3.8, 4) is 5.75 Å². The van der Waals surface area contributed by atoms with Crippen molar-refractivity contribution >= 4 is 0 Å². The Morgan fingerprint density at radius 3 is 2.60 bits per heavy atom. The first-order valence-corrected chi connectivity index (χ1v) is 6.95. The number of nitrogens with one attached hydrogen (secondary N) is 1. The summed E-state index contributed by atoms with van der Waals surface area (Å²) in [5.74, 6) is 0.829. The number of hydrogen-bond acceptors (Lipinski definition) is 4. The van der Waals surface area contributed by atoms with Crippen LogP contribution in [0.1, 0.15) is 30.5 Å². The fraction of sp³-hybridized carbons (Fsp3) is 0.375. The summed E-state index contributed by atoms with van der Waals surface area (Å²) >= 11 is 0. The van der Waals surface area contributed by atoms with Gasteiger partial charge in [-0.15, -0.1) is 0 Å². The third-order valence-corrected chi connectivity index (χ3v) is 3.24. The highest BCUT2D eigenvalue weighted by Gasteiger charge is 2.16. The fourth-order valence-corrected chi connectivity index (χ4v) is 2.21. The van der Waals surface area contributed by atoms with E-state index in [1.54, 1.807) is 13.3 Å². The average molecular weight is 271 g/mol. The predicted molar refractivity (Wildman–Crippen MR) is 79.8 cm³/mol. The van der Waals surface area contributed by atoms with Crippen molar-refractivity contribution in [2.24, 2.45) is 0 Å². The van der Waals surface area contributed by atoms with E-state index in [0.717, 1.165) is 30.7 Å². The monoisotopic (exact) mass is 271 g/mol. The number of rotatable bonds is 7. The fourth-order valence-electron chi connectivity index (χ4n) is 2.21. The standard InChI is InChI=1S/C16H21N3O/c1-3-7-19-15(11-13-4-8-17-9-5-13)14-6-10-18-12-16(14)20-2/h4-6,8-10,12,15,19H,3,7,11H2,1-2H3. The van der Waals surface area contributed by atoms with Crippen molar-refractivity contribution in [1.29, 1.82) is 0 Å². The molecule has 1 atom stereocenters. The van der Waals surface area contributed by atoms with E-state index in [-0.39, 0.29) is 6.04 Å². The molecule has 20 heavy (non-hydrogen) atoms. The third-order valence-electron chi connectivity index (χ3n) is 3.24. The maximum absolute atomic E-state index is 5.43. The van der Waals surface area contributed by atoms with Gasteiger partial charge >= 0.3 is 0 Å². The van der Waals surface area contributed by atoms with Gasteiger partial charge < -0.3 is 10.1 Å². The molecular weight excluding hydrogens is 250 g/mol. The van der Waals surface area contributed by atoms with E-state index in [4.69, 9.17) is 4.74 Å². The number of hydrogen-bond donors (Lipinski definition) is 1. The number of nitrogens with zero attached hydrogens (tertiary/aromatic N) is 2. The van der Waals surface area contributed by atoms with Gasteiger partial charge in [-0.3, -0.25) is 9.97 Å². The number of aromatic nitrogens is 2. The molecule has 0 aliphatic rings. The molecule has 0 amide bonds. The van der Waals surface area contributed by atoms with Crippen LogP contribution in [0.15, 0.2) is 43.0 Å². The second kappa shape index (κ2) is 7.60. The zero-order valence-corrected chi connectivity index (χ0v) is 12.0. The van der Waals surface area contributed by atoms with Crippen LogP contribution in [0.4, 0.5) is 0 Å². The maximum atomic E-state index is 5.43. The molecular formula is C16H21N3O. The second-order valence-corrected chi connectivity index (χ2v) is 4.68. The normalized spacial score (nSPS) is 12.1. The Hall–Kier alpha value is -1.94. The van der Waals surface area contributed by atoms with Gasteiger partial charge in [0.05, 0.1) is 13.3 Å². The molecule has 2 rings (SSSR count). The Labute approximate surface area is 120 Å². The zero-order valence-electron chi connectivity index (χ0n) is 12.0. The maximum Gasteiger partial charge on any atom is 0.141 e. The summed E-state index contributed by atoms with van der Waals surface area (Å²) in [5, 5.41) is 3.58. The van der Waals surface area contributed by atoms with Crippen molar-refractivity contribution in [3.05, 3.63) is 54.1 Å². The molecule has 4 nitrogen and oxygen atoms in total. The van der Waals surface area contributed by atoms with Gasteiger partial charge in [0.25, 0.3) is 0 Å². The molecule has 0 saturated carbocycles. The Bertz CT molecular complexity index is 516. The number of pyridine rings is 2. The van der Waals surface area contributed by atoms with Gasteiger partial charge in [-0.25, -0.2) is 0 Å². The molecule has 1 N–H and O–H groups in total. The average Bonchev–Trinajstić information content (AvgIpc) is 2.52. The van der Waals surface area contributed by atoms with E-state index < -0.39 is 0 Å². The lowest BCUT2D eigenvalue weighted by Crippen LogP contribution is -2.24. The molecule has 0 aromatic carbocycles. The van der Waals surface area contributed by atoms with Crippen LogP contribution >= 0.6 is 0 Å². The van der Waals surface area contributed by atoms with Crippen LogP contribution in [0.2, 0.25) is 0 Å². The molecule has 2 aromatic rings. The number of methoxy groups -OCH3 is 1. The van der Waals surface area contributed by atoms with Crippen molar-refractivity contribution in [2.75, 3.05) is 13.7 Å². The van der Waals surface area contributed by atoms with E-state index in [1.165, 1.54) is 5.56 Å². The molecule has 0 fully saturated rings. The smallest absolute Gasteiger partial charge is 0.141 e. The van der Waals surface area contributed by atoms with E-state index >= 15 is 0 Å². The molecule has 1 unspecified atom stereocenters. The van der Waals surface area contributed by atoms with Crippen LogP contribution in [0, 0.1) is 0 Å². The lowest BCUT2D eigenvalue weighted by molar-refractivity contribution is 0.396. The van der Waals surface area contributed by atoms with Gasteiger partial charge in [-0.05, 0) is 43.1 Å². The Morgan fingerprint density at radius 2 is 1.90 bits per heavy atom. The van der Waals surface area contributed by atoms with Crippen molar-refractivity contribution < 1.29 is 4.74 Å². The molecule has 0 aliphatic heterocycles. The predicted octanol–water partition coefficient (Wildman–Crippen LogP) is 2.77. The summed E-state index contributed by atoms with van der Waals surface area (Å²) < 4.78 is 5.43. The van der Waals surface area contributed by atoms with Gasteiger partial charge in [0, 0.05) is 30.2 Å². The SMILES string of the molecule is CCCNC(Cc1ccncc1)c1ccncc1OC. The third kappa shape index (κ3) is 3.78. The topological polar surface area (TPSA) is 47.0 Å². The molecule has 2 heterocycles. The quantitative estimate of drug-likeness (QED) is 0.841. The summed E-state index contributed by atoms with van der Waals surface area (Å²) in [4.78, 5) is 8.19. The Morgan fingerprint density at radius 1 is 1.15 bits per heavy atom. The van der Waals surface area contributed by atoms with E-state index in [9.17, 15) is 0 Å². The van der Waals surface area contributed by atoms with Crippen LogP contribution in [0.25, 0.3) is 0 Å². The summed E-state index contributed by atoms with van der Waals surface area (Å²) in [6.45, 7) is 3.14. The van der Waals surface area contributed by atoms with Gasteiger partial charge in [-0.2, -0.15) is 0 Å². The van der Waals surface area contributed by atoms with Gasteiger partial charge in [-0.1, -0.05) is 6.92 Å². The van der Waals surface area contributed by atoms with Crippen LogP contribution in [0.3, 0.4) is 0 Å². The van der Waals surface area contributed by atoms with Gasteiger partial charge in [0.1, 0.15) is 5.75 Å². The van der Waals surface area contributed by atoms with E-state index in [0.29, 0.717) is 0 Å². The Kier molecular flexibility index (Phi) is 5.50. The Balaban J connectivity index is 2.22. The lowest BCUT2D eigenvalue weighted by atomic mass is 9.99. The molecule has 0 saturated heterocycles. The molecule has 106 valence electrons. The number of ether oxygens (including phenoxy) is 1. The summed E-state index contributed by atoms with van der Waals surface area (Å²) in [6.07, 6.45) is 9.24. The van der Waals surface area contributed by atoms with Crippen LogP contribution in [-0.2, 0) is 6.42 Å². The van der Waals surface area contributed by atoms with Crippen molar-refractivity contribution in [1.82, 2.24) is 15.3 Å². The molecule has 0 aliphatic carbocycles. The molecule has 2 aromatic heterocycles. The second-order valence-electron chi connectivity index (χ2n) is 4.68. The van der Waals surface area contributed by atoms with E-state index in [2.05, 4.69) is 22.2 Å². The molecule has 4 heteroatoms. The summed E-state index contributed by atoms with van der Waals surface area (Å²) in [5.41, 5.74) is 2.40. The first-order chi connectivity index (χ1) is 9.85. The van der Waals surface area contributed by atoms with Crippen LogP contribution in [0.5, 0.6) is 5.75 Å². The molecule has 0 spiro atoms. The van der Waals surface area contributed by atoms with Crippen molar-refractivity contribution in [3.63, 3.8) is 0 Å². The molecule has 0 radical (unpaired) electrons. The van der Waals surface area contributed by atoms with Gasteiger partial charge in [0.15, 0.2) is 0 Å². The van der Waals surface area contributed by atoms with Crippen LogP contribution < -0.4 is 10.1 Å². The lowest BCUT2D eigenvalue weighted by Gasteiger charge is -2.21. The highest BCUT2D eigenvalue weighted by Crippen LogP contribution is 2.26. The van der Waals surface area contributed by atoms with E-state index in [1.807, 2.05) is 36.8 Å². The summed E-state index contributed by atoms with van der Waals surface area (Å²) in [7, 11) is 1.68. The van der Waals surface area contributed by atoms with Gasteiger partial charge in [0.2, 0.25) is 0 Å². The minimum atomic E-state index is 0.218. The minimum Gasteiger partial charge on any atom is -0.495 e. The first kappa shape index (κ1) is 14.5. The minimum absolute atomic E-state index is 0.218. The zero-order chi connectivity index (χ0) is 14.2. The highest BCUT2D eigenvalue weighted by molar-refractivity contribution is 5.34. The largest absolute Gasteiger partial charge is 0.495 e. The highest BCUT2D eigenvalue weighted by atomic mass is 16.5. The van der Waals surface area contributed by atoms with Crippen molar-refractivity contribution in [2.45, 2.75) is 25.8 Å².